The van der Waals surface area contributed by atoms with E-state index in [2.05, 4.69) is 12.2 Å². The van der Waals surface area contributed by atoms with Crippen molar-refractivity contribution in [2.75, 3.05) is 39.3 Å². The third-order valence-electron chi connectivity index (χ3n) is 7.25. The summed E-state index contributed by atoms with van der Waals surface area (Å²) in [4.78, 5) is 42.8. The van der Waals surface area contributed by atoms with E-state index in [4.69, 9.17) is 0 Å². The molecule has 4 aliphatic rings. The Kier molecular flexibility index (Phi) is 5.03. The van der Waals surface area contributed by atoms with Crippen LogP contribution in [0, 0.1) is 23.7 Å². The number of quaternary nitrogens is 1. The molecule has 2 aliphatic carbocycles. The number of amides is 3. The minimum Gasteiger partial charge on any atom is -0.331 e. The van der Waals surface area contributed by atoms with Gasteiger partial charge in [-0.1, -0.05) is 42.5 Å². The summed E-state index contributed by atoms with van der Waals surface area (Å²) in [6.45, 7) is 4.37. The molecule has 0 spiro atoms. The van der Waals surface area contributed by atoms with Crippen molar-refractivity contribution >= 4 is 23.8 Å². The lowest BCUT2D eigenvalue weighted by Crippen LogP contribution is -3.15. The van der Waals surface area contributed by atoms with Crippen LogP contribution in [0.2, 0.25) is 0 Å². The zero-order valence-corrected chi connectivity index (χ0v) is 17.1. The fraction of sp³-hybridized carbons (Fsp3) is 0.458. The van der Waals surface area contributed by atoms with Crippen LogP contribution in [0.25, 0.3) is 6.08 Å². The largest absolute Gasteiger partial charge is 0.331 e. The zero-order valence-electron chi connectivity index (χ0n) is 17.1. The molecule has 1 saturated carbocycles. The first-order valence-electron chi connectivity index (χ1n) is 11.0. The molecule has 2 heterocycles. The van der Waals surface area contributed by atoms with E-state index in [0.29, 0.717) is 19.6 Å². The van der Waals surface area contributed by atoms with Crippen LogP contribution in [-0.2, 0) is 14.4 Å². The summed E-state index contributed by atoms with van der Waals surface area (Å²) in [7, 11) is 0. The minimum absolute atomic E-state index is 0.0404. The second-order valence-corrected chi connectivity index (χ2v) is 8.90. The minimum atomic E-state index is -0.103. The van der Waals surface area contributed by atoms with Gasteiger partial charge in [0, 0.05) is 6.08 Å². The van der Waals surface area contributed by atoms with Crippen molar-refractivity contribution in [2.45, 2.75) is 6.42 Å². The molecule has 3 fully saturated rings. The maximum atomic E-state index is 12.8. The Hall–Kier alpha value is -2.73. The Labute approximate surface area is 176 Å². The molecule has 0 unspecified atom stereocenters. The molecule has 0 radical (unpaired) electrons. The fourth-order valence-corrected chi connectivity index (χ4v) is 5.58. The number of nitrogens with zero attached hydrogens (tertiary/aromatic N) is 2. The van der Waals surface area contributed by atoms with E-state index in [1.807, 2.05) is 41.3 Å². The van der Waals surface area contributed by atoms with Crippen LogP contribution >= 0.6 is 0 Å². The molecular weight excluding hydrogens is 378 g/mol. The Bertz CT molecular complexity index is 872. The van der Waals surface area contributed by atoms with Crippen molar-refractivity contribution in [1.82, 2.24) is 9.80 Å². The number of likely N-dealkylation sites (tertiary alicyclic amines) is 1. The number of fused-ring (bicyclic) bond motifs is 5. The Morgan fingerprint density at radius 3 is 2.27 bits per heavy atom. The maximum absolute atomic E-state index is 12.8. The molecule has 30 heavy (non-hydrogen) atoms. The number of piperazine rings is 1. The van der Waals surface area contributed by atoms with Crippen LogP contribution < -0.4 is 4.90 Å². The summed E-state index contributed by atoms with van der Waals surface area (Å²) in [5.74, 6) is 0.460. The van der Waals surface area contributed by atoms with E-state index in [1.165, 1.54) is 9.80 Å². The molecule has 4 atom stereocenters. The zero-order chi connectivity index (χ0) is 20.7. The van der Waals surface area contributed by atoms with Crippen LogP contribution in [0.4, 0.5) is 0 Å². The van der Waals surface area contributed by atoms with E-state index in [1.54, 1.807) is 6.08 Å². The third kappa shape index (κ3) is 3.39. The van der Waals surface area contributed by atoms with Crippen molar-refractivity contribution in [3.05, 3.63) is 54.1 Å². The van der Waals surface area contributed by atoms with Gasteiger partial charge in [-0.3, -0.25) is 19.3 Å². The van der Waals surface area contributed by atoms with Gasteiger partial charge in [0.1, 0.15) is 0 Å². The van der Waals surface area contributed by atoms with Crippen molar-refractivity contribution in [3.63, 3.8) is 0 Å². The number of hydrogen-bond acceptors (Lipinski definition) is 3. The molecule has 2 bridgehead atoms. The van der Waals surface area contributed by atoms with Crippen LogP contribution in [-0.4, -0.2) is 66.8 Å². The summed E-state index contributed by atoms with van der Waals surface area (Å²) in [6, 6.07) is 9.82. The number of hydrogen-bond donors (Lipinski definition) is 1. The van der Waals surface area contributed by atoms with Gasteiger partial charge in [-0.05, 0) is 29.9 Å². The normalized spacial score (nSPS) is 30.7. The van der Waals surface area contributed by atoms with E-state index >= 15 is 0 Å². The average molecular weight is 407 g/mol. The number of carbonyl (C=O) groups excluding carboxylic acids is 3. The molecule has 1 aromatic rings. The Morgan fingerprint density at radius 1 is 1.00 bits per heavy atom. The van der Waals surface area contributed by atoms with Crippen LogP contribution in [0.1, 0.15) is 12.0 Å². The number of allylic oxidation sites excluding steroid dienone is 2. The highest BCUT2D eigenvalue weighted by Gasteiger charge is 2.59. The van der Waals surface area contributed by atoms with Gasteiger partial charge in [-0.25, -0.2) is 0 Å². The predicted molar refractivity (Wildman–Crippen MR) is 112 cm³/mol. The molecule has 6 nitrogen and oxygen atoms in total. The van der Waals surface area contributed by atoms with E-state index in [-0.39, 0.29) is 41.4 Å². The van der Waals surface area contributed by atoms with Gasteiger partial charge in [0.05, 0.1) is 51.1 Å². The number of benzene rings is 1. The van der Waals surface area contributed by atoms with Gasteiger partial charge in [0.25, 0.3) is 0 Å². The Morgan fingerprint density at radius 2 is 1.63 bits per heavy atom. The van der Waals surface area contributed by atoms with E-state index < -0.39 is 0 Å². The van der Waals surface area contributed by atoms with Crippen molar-refractivity contribution in [2.24, 2.45) is 23.7 Å². The van der Waals surface area contributed by atoms with Gasteiger partial charge in [0.15, 0.2) is 0 Å². The highest BCUT2D eigenvalue weighted by Crippen LogP contribution is 2.52. The number of nitrogens with one attached hydrogen (secondary N) is 1. The number of rotatable bonds is 5. The van der Waals surface area contributed by atoms with Crippen LogP contribution in [0.5, 0.6) is 0 Å². The number of imide groups is 1. The molecule has 5 rings (SSSR count). The van der Waals surface area contributed by atoms with Gasteiger partial charge < -0.3 is 9.80 Å². The summed E-state index contributed by atoms with van der Waals surface area (Å²) < 4.78 is 0. The maximum Gasteiger partial charge on any atom is 0.246 e. The molecule has 1 aromatic carbocycles. The highest BCUT2D eigenvalue weighted by atomic mass is 16.2. The first kappa shape index (κ1) is 19.2. The molecule has 6 heteroatoms. The van der Waals surface area contributed by atoms with Crippen molar-refractivity contribution < 1.29 is 19.3 Å². The number of carbonyl (C=O) groups is 3. The standard InChI is InChI=1S/C24H27N3O3/c28-20(9-6-17-4-2-1-3-5-17)26-13-10-25(11-14-26)12-15-27-23(29)21-18-7-8-19(16-18)22(21)24(27)30/h1-9,18-19,21-22H,10-16H2/p+1/b9-6+/t18-,19-,21-,22+/m0/s1. The summed E-state index contributed by atoms with van der Waals surface area (Å²) in [5.41, 5.74) is 1.02. The monoisotopic (exact) mass is 406 g/mol. The predicted octanol–water partition coefficient (Wildman–Crippen LogP) is 0.234. The molecule has 3 amide bonds. The molecule has 2 saturated heterocycles. The van der Waals surface area contributed by atoms with Crippen molar-refractivity contribution in [1.29, 1.82) is 0 Å². The topological polar surface area (TPSA) is 62.1 Å². The lowest BCUT2D eigenvalue weighted by molar-refractivity contribution is -0.903. The summed E-state index contributed by atoms with van der Waals surface area (Å²) in [6.07, 6.45) is 8.73. The second-order valence-electron chi connectivity index (χ2n) is 8.90. The first-order valence-corrected chi connectivity index (χ1v) is 11.0. The highest BCUT2D eigenvalue weighted by molar-refractivity contribution is 6.06. The second kappa shape index (κ2) is 7.84. The van der Waals surface area contributed by atoms with Crippen LogP contribution in [0.15, 0.2) is 48.6 Å². The lowest BCUT2D eigenvalue weighted by atomic mass is 9.85. The van der Waals surface area contributed by atoms with E-state index in [0.717, 1.165) is 31.6 Å². The van der Waals surface area contributed by atoms with Gasteiger partial charge in [0.2, 0.25) is 17.7 Å². The summed E-state index contributed by atoms with van der Waals surface area (Å²) >= 11 is 0. The van der Waals surface area contributed by atoms with Crippen molar-refractivity contribution in [3.8, 4) is 0 Å². The fourth-order valence-electron chi connectivity index (χ4n) is 5.58. The Balaban J connectivity index is 1.10. The quantitative estimate of drug-likeness (QED) is 0.433. The molecule has 156 valence electrons. The molecule has 0 aromatic heterocycles. The average Bonchev–Trinajstić information content (AvgIpc) is 3.46. The molecule has 2 aliphatic heterocycles. The van der Waals surface area contributed by atoms with Crippen LogP contribution in [0.3, 0.4) is 0 Å². The van der Waals surface area contributed by atoms with Gasteiger partial charge in [-0.15, -0.1) is 0 Å². The molecule has 1 N–H and O–H groups in total. The first-order chi connectivity index (χ1) is 14.6. The lowest BCUT2D eigenvalue weighted by Gasteiger charge is -2.32. The van der Waals surface area contributed by atoms with Gasteiger partial charge in [-0.2, -0.15) is 0 Å². The molecular formula is C24H28N3O3+. The smallest absolute Gasteiger partial charge is 0.246 e. The SMILES string of the molecule is O=C(/C=C/c1ccccc1)N1CC[NH+](CCN2C(=O)[C@@H]3[C@H](C2=O)[C@H]2C=C[C@H]3C2)CC1. The van der Waals surface area contributed by atoms with Gasteiger partial charge >= 0.3 is 0 Å². The summed E-state index contributed by atoms with van der Waals surface area (Å²) in [5, 5.41) is 0. The third-order valence-corrected chi connectivity index (χ3v) is 7.25. The van der Waals surface area contributed by atoms with E-state index in [9.17, 15) is 14.4 Å².